The molecule has 1 aromatic carbocycles. The molecule has 0 radical (unpaired) electrons. The second kappa shape index (κ2) is 9.34. The number of carbonyl (C=O) groups is 1. The van der Waals surface area contributed by atoms with Crippen LogP contribution in [0.1, 0.15) is 19.8 Å². The Kier molecular flexibility index (Phi) is 6.87. The van der Waals surface area contributed by atoms with Crippen molar-refractivity contribution >= 4 is 28.6 Å². The summed E-state index contributed by atoms with van der Waals surface area (Å²) in [5.41, 5.74) is 0.550. The van der Waals surface area contributed by atoms with Crippen molar-refractivity contribution in [3.8, 4) is 0 Å². The lowest BCUT2D eigenvalue weighted by Crippen LogP contribution is -2.37. The monoisotopic (exact) mass is 391 g/mol. The van der Waals surface area contributed by atoms with Crippen molar-refractivity contribution in [2.24, 2.45) is 0 Å². The minimum absolute atomic E-state index is 0.0144. The van der Waals surface area contributed by atoms with E-state index in [1.54, 1.807) is 17.7 Å². The maximum Gasteiger partial charge on any atom is 0.262 e. The van der Waals surface area contributed by atoms with Crippen LogP contribution in [0.25, 0.3) is 10.9 Å². The first kappa shape index (κ1) is 19.9. The topological polar surface area (TPSA) is 82.5 Å². The fraction of sp³-hybridized carbons (Fsp3) is 0.526. The number of hydrogen-bond donors (Lipinski definition) is 1. The molecule has 0 unspecified atom stereocenters. The molecule has 7 nitrogen and oxygen atoms in total. The molecule has 1 aromatic heterocycles. The van der Waals surface area contributed by atoms with Crippen LogP contribution in [-0.4, -0.2) is 53.7 Å². The molecule has 27 heavy (non-hydrogen) atoms. The first-order valence-electron chi connectivity index (χ1n) is 9.10. The number of fused-ring (bicyclic) bond motifs is 1. The molecule has 2 atom stereocenters. The van der Waals surface area contributed by atoms with Crippen molar-refractivity contribution < 1.29 is 14.3 Å². The predicted molar refractivity (Wildman–Crippen MR) is 105 cm³/mol. The van der Waals surface area contributed by atoms with Crippen LogP contribution in [0.2, 0.25) is 0 Å². The summed E-state index contributed by atoms with van der Waals surface area (Å²) >= 11 is 1.27. The fourth-order valence-corrected chi connectivity index (χ4v) is 3.97. The molecule has 2 heterocycles. The number of carbonyl (C=O) groups excluding carboxylic acids is 1. The number of thioether (sulfide) groups is 1. The van der Waals surface area contributed by atoms with Gasteiger partial charge < -0.3 is 14.8 Å². The molecule has 3 rings (SSSR count). The molecule has 1 N–H and O–H groups in total. The highest BCUT2D eigenvalue weighted by Crippen LogP contribution is 2.20. The van der Waals surface area contributed by atoms with Gasteiger partial charge in [-0.05, 0) is 31.9 Å². The molecular formula is C19H25N3O4S. The van der Waals surface area contributed by atoms with Crippen LogP contribution in [-0.2, 0) is 20.8 Å². The fourth-order valence-electron chi connectivity index (χ4n) is 3.15. The van der Waals surface area contributed by atoms with Gasteiger partial charge in [0.2, 0.25) is 5.91 Å². The first-order valence-corrected chi connectivity index (χ1v) is 10.1. The van der Waals surface area contributed by atoms with Gasteiger partial charge in [0.15, 0.2) is 5.16 Å². The van der Waals surface area contributed by atoms with Gasteiger partial charge in [0.1, 0.15) is 0 Å². The molecule has 8 heteroatoms. The van der Waals surface area contributed by atoms with Crippen molar-refractivity contribution in [2.75, 3.05) is 26.1 Å². The normalized spacial score (nSPS) is 17.9. The van der Waals surface area contributed by atoms with Gasteiger partial charge in [-0.15, -0.1) is 0 Å². The van der Waals surface area contributed by atoms with E-state index < -0.39 is 0 Å². The van der Waals surface area contributed by atoms with E-state index in [1.165, 1.54) is 11.8 Å². The van der Waals surface area contributed by atoms with E-state index in [1.807, 2.05) is 25.1 Å². The van der Waals surface area contributed by atoms with Crippen LogP contribution < -0.4 is 10.9 Å². The highest BCUT2D eigenvalue weighted by Gasteiger charge is 2.20. The number of rotatable bonds is 8. The predicted octanol–water partition coefficient (Wildman–Crippen LogP) is 1.82. The van der Waals surface area contributed by atoms with Crippen LogP contribution in [0.15, 0.2) is 34.2 Å². The van der Waals surface area contributed by atoms with E-state index in [0.717, 1.165) is 19.4 Å². The summed E-state index contributed by atoms with van der Waals surface area (Å²) in [6, 6.07) is 7.22. The number of nitrogens with one attached hydrogen (secondary N) is 1. The van der Waals surface area contributed by atoms with Gasteiger partial charge in [0.25, 0.3) is 5.56 Å². The molecule has 1 fully saturated rings. The lowest BCUT2D eigenvalue weighted by atomic mass is 10.2. The Labute approximate surface area is 162 Å². The lowest BCUT2D eigenvalue weighted by Gasteiger charge is -2.17. The SMILES string of the molecule is COC[C@H](C)NC(=O)CSc1nc2ccccc2c(=O)n1C[C@H]1CCCO1. The standard InChI is InChI=1S/C19H25N3O4S/c1-13(11-25-2)20-17(23)12-27-19-21-16-8-4-3-7-15(16)18(24)22(19)10-14-6-5-9-26-14/h3-4,7-8,13-14H,5-6,9-12H2,1-2H3,(H,20,23)/t13-,14+/m0/s1. The maximum atomic E-state index is 13.0. The summed E-state index contributed by atoms with van der Waals surface area (Å²) < 4.78 is 12.4. The molecule has 2 aromatic rings. The Morgan fingerprint density at radius 3 is 3.04 bits per heavy atom. The molecule has 1 aliphatic rings. The molecule has 1 amide bonds. The third-order valence-electron chi connectivity index (χ3n) is 4.39. The van der Waals surface area contributed by atoms with Gasteiger partial charge in [-0.2, -0.15) is 0 Å². The van der Waals surface area contributed by atoms with E-state index in [2.05, 4.69) is 10.3 Å². The zero-order valence-electron chi connectivity index (χ0n) is 15.6. The average molecular weight is 391 g/mol. The molecular weight excluding hydrogens is 366 g/mol. The van der Waals surface area contributed by atoms with Crippen LogP contribution in [0.3, 0.4) is 0 Å². The number of nitrogens with zero attached hydrogens (tertiary/aromatic N) is 2. The Hall–Kier alpha value is -1.90. The summed E-state index contributed by atoms with van der Waals surface area (Å²) in [6.45, 7) is 3.52. The summed E-state index contributed by atoms with van der Waals surface area (Å²) in [6.07, 6.45) is 1.95. The number of amides is 1. The third kappa shape index (κ3) is 5.09. The lowest BCUT2D eigenvalue weighted by molar-refractivity contribution is -0.119. The molecule has 1 saturated heterocycles. The summed E-state index contributed by atoms with van der Waals surface area (Å²) in [5.74, 6) is 0.0697. The number of methoxy groups -OCH3 is 1. The van der Waals surface area contributed by atoms with Crippen molar-refractivity contribution in [1.82, 2.24) is 14.9 Å². The smallest absolute Gasteiger partial charge is 0.262 e. The highest BCUT2D eigenvalue weighted by molar-refractivity contribution is 7.99. The number of ether oxygens (including phenoxy) is 2. The number of aromatic nitrogens is 2. The second-order valence-electron chi connectivity index (χ2n) is 6.67. The van der Waals surface area contributed by atoms with E-state index in [9.17, 15) is 9.59 Å². The van der Waals surface area contributed by atoms with Gasteiger partial charge >= 0.3 is 0 Å². The third-order valence-corrected chi connectivity index (χ3v) is 5.37. The molecule has 0 aliphatic carbocycles. The molecule has 0 saturated carbocycles. The molecule has 1 aliphatic heterocycles. The van der Waals surface area contributed by atoms with Gasteiger partial charge in [0.05, 0.1) is 35.9 Å². The maximum absolute atomic E-state index is 13.0. The summed E-state index contributed by atoms with van der Waals surface area (Å²) in [4.78, 5) is 29.8. The minimum Gasteiger partial charge on any atom is -0.383 e. The largest absolute Gasteiger partial charge is 0.383 e. The van der Waals surface area contributed by atoms with E-state index in [4.69, 9.17) is 9.47 Å². The van der Waals surface area contributed by atoms with Gasteiger partial charge in [-0.1, -0.05) is 23.9 Å². The molecule has 0 spiro atoms. The van der Waals surface area contributed by atoms with Crippen molar-refractivity contribution in [1.29, 1.82) is 0 Å². The average Bonchev–Trinajstić information content (AvgIpc) is 3.16. The van der Waals surface area contributed by atoms with Crippen LogP contribution >= 0.6 is 11.8 Å². The number of benzene rings is 1. The Balaban J connectivity index is 1.81. The summed E-state index contributed by atoms with van der Waals surface area (Å²) in [7, 11) is 1.60. The van der Waals surface area contributed by atoms with Crippen molar-refractivity contribution in [3.05, 3.63) is 34.6 Å². The quantitative estimate of drug-likeness (QED) is 0.546. The second-order valence-corrected chi connectivity index (χ2v) is 7.62. The summed E-state index contributed by atoms with van der Waals surface area (Å²) in [5, 5.41) is 4.00. The first-order chi connectivity index (χ1) is 13.1. The van der Waals surface area contributed by atoms with Crippen LogP contribution in [0.4, 0.5) is 0 Å². The van der Waals surface area contributed by atoms with E-state index in [-0.39, 0.29) is 29.4 Å². The van der Waals surface area contributed by atoms with Gasteiger partial charge in [0, 0.05) is 19.8 Å². The van der Waals surface area contributed by atoms with Crippen LogP contribution in [0.5, 0.6) is 0 Å². The van der Waals surface area contributed by atoms with Crippen molar-refractivity contribution in [3.63, 3.8) is 0 Å². The molecule has 0 bridgehead atoms. The Bertz CT molecular complexity index is 848. The minimum atomic E-state index is -0.115. The van der Waals surface area contributed by atoms with Crippen LogP contribution in [0, 0.1) is 0 Å². The molecule has 146 valence electrons. The number of para-hydroxylation sites is 1. The Morgan fingerprint density at radius 1 is 1.48 bits per heavy atom. The van der Waals surface area contributed by atoms with E-state index >= 15 is 0 Å². The van der Waals surface area contributed by atoms with Gasteiger partial charge in [-0.25, -0.2) is 4.98 Å². The van der Waals surface area contributed by atoms with Gasteiger partial charge in [-0.3, -0.25) is 14.2 Å². The highest BCUT2D eigenvalue weighted by atomic mass is 32.2. The van der Waals surface area contributed by atoms with Crippen molar-refractivity contribution in [2.45, 2.75) is 43.6 Å². The Morgan fingerprint density at radius 2 is 2.30 bits per heavy atom. The zero-order chi connectivity index (χ0) is 19.2. The van der Waals surface area contributed by atoms with E-state index in [0.29, 0.717) is 29.2 Å². The number of hydrogen-bond acceptors (Lipinski definition) is 6. The zero-order valence-corrected chi connectivity index (χ0v) is 16.5.